The minimum absolute atomic E-state index is 0.156. The molecule has 2 aliphatic heterocycles. The summed E-state index contributed by atoms with van der Waals surface area (Å²) < 4.78 is 38.2. The fourth-order valence-electron chi connectivity index (χ4n) is 4.65. The van der Waals surface area contributed by atoms with Crippen molar-refractivity contribution in [3.05, 3.63) is 95.9 Å². The number of anilines is 3. The Kier molecular flexibility index (Phi) is 7.49. The lowest BCUT2D eigenvalue weighted by atomic mass is 9.96. The summed E-state index contributed by atoms with van der Waals surface area (Å²) in [5.41, 5.74) is 1.95. The second-order valence-electron chi connectivity index (χ2n) is 9.10. The number of benzene rings is 1. The van der Waals surface area contributed by atoms with Crippen LogP contribution in [-0.4, -0.2) is 30.0 Å². The van der Waals surface area contributed by atoms with E-state index in [4.69, 9.17) is 14.5 Å². The lowest BCUT2D eigenvalue weighted by molar-refractivity contribution is -0.115. The van der Waals surface area contributed by atoms with E-state index in [0.717, 1.165) is 62.5 Å². The fraction of sp³-hybridized carbons (Fsp3) is 0.286. The number of hydrogen-bond acceptors (Lipinski definition) is 6. The summed E-state index contributed by atoms with van der Waals surface area (Å²) in [5, 5.41) is 6.35. The van der Waals surface area contributed by atoms with Crippen molar-refractivity contribution in [3.8, 4) is 0 Å². The molecule has 1 aromatic carbocycles. The Bertz CT molecular complexity index is 1260. The van der Waals surface area contributed by atoms with Gasteiger partial charge in [-0.15, -0.1) is 0 Å². The standard InChI is InChI=1S/C28H28F2N4O3/c29-21-14-19(15-22(30)17-21)16-26(35)31-23-8-9-25(33-28(23)34-10-4-5-11-34)32-27(20-6-2-1-3-7-20)24-18-36-12-13-37-24/h1-2,6,8-9,12-15,17-18,27H,3-5,7,10-11,16H2,(H,31,35)(H,32,33). The Morgan fingerprint density at radius 1 is 1.11 bits per heavy atom. The van der Waals surface area contributed by atoms with Crippen molar-refractivity contribution in [2.45, 2.75) is 38.1 Å². The van der Waals surface area contributed by atoms with Crippen LogP contribution in [0.3, 0.4) is 0 Å². The predicted molar refractivity (Wildman–Crippen MR) is 138 cm³/mol. The van der Waals surface area contributed by atoms with Crippen molar-refractivity contribution in [1.29, 1.82) is 0 Å². The van der Waals surface area contributed by atoms with Gasteiger partial charge in [0.1, 0.15) is 42.3 Å². The average Bonchev–Trinajstić information content (AvgIpc) is 3.43. The van der Waals surface area contributed by atoms with Crippen LogP contribution in [0.25, 0.3) is 0 Å². The van der Waals surface area contributed by atoms with Crippen LogP contribution >= 0.6 is 0 Å². The highest BCUT2D eigenvalue weighted by Crippen LogP contribution is 2.31. The maximum absolute atomic E-state index is 13.6. The van der Waals surface area contributed by atoms with E-state index < -0.39 is 11.6 Å². The molecular formula is C28H28F2N4O3. The molecule has 3 aliphatic rings. The van der Waals surface area contributed by atoms with E-state index in [9.17, 15) is 13.6 Å². The summed E-state index contributed by atoms with van der Waals surface area (Å²) in [6.45, 7) is 1.64. The van der Waals surface area contributed by atoms with Gasteiger partial charge >= 0.3 is 0 Å². The Labute approximate surface area is 214 Å². The number of pyridine rings is 1. The summed E-state index contributed by atoms with van der Waals surface area (Å²) in [6.07, 6.45) is 14.4. The maximum atomic E-state index is 13.6. The zero-order valence-corrected chi connectivity index (χ0v) is 20.3. The summed E-state index contributed by atoms with van der Waals surface area (Å²) in [6, 6.07) is 6.41. The normalized spacial score (nSPS) is 17.4. The fourth-order valence-corrected chi connectivity index (χ4v) is 4.65. The second kappa shape index (κ2) is 11.3. The summed E-state index contributed by atoms with van der Waals surface area (Å²) in [7, 11) is 0. The van der Waals surface area contributed by atoms with Crippen LogP contribution in [0.15, 0.2) is 78.7 Å². The van der Waals surface area contributed by atoms with Gasteiger partial charge in [0.25, 0.3) is 0 Å². The number of nitrogens with one attached hydrogen (secondary N) is 2. The van der Waals surface area contributed by atoms with E-state index in [0.29, 0.717) is 23.1 Å². The molecule has 0 bridgehead atoms. The lowest BCUT2D eigenvalue weighted by Crippen LogP contribution is -2.28. The quantitative estimate of drug-likeness (QED) is 0.489. The first kappa shape index (κ1) is 24.5. The largest absolute Gasteiger partial charge is 0.466 e. The smallest absolute Gasteiger partial charge is 0.228 e. The molecule has 0 saturated carbocycles. The molecule has 2 aromatic rings. The molecule has 1 amide bonds. The van der Waals surface area contributed by atoms with Crippen molar-refractivity contribution in [2.24, 2.45) is 0 Å². The zero-order valence-electron chi connectivity index (χ0n) is 20.3. The van der Waals surface area contributed by atoms with Gasteiger partial charge in [-0.3, -0.25) is 4.79 Å². The molecule has 192 valence electrons. The number of hydrogen-bond donors (Lipinski definition) is 2. The van der Waals surface area contributed by atoms with Crippen molar-refractivity contribution in [3.63, 3.8) is 0 Å². The molecule has 9 heteroatoms. The highest BCUT2D eigenvalue weighted by molar-refractivity contribution is 5.95. The molecule has 0 spiro atoms. The van der Waals surface area contributed by atoms with E-state index in [1.807, 2.05) is 6.08 Å². The van der Waals surface area contributed by atoms with Crippen LogP contribution in [-0.2, 0) is 20.7 Å². The molecule has 2 N–H and O–H groups in total. The number of ether oxygens (including phenoxy) is 2. The van der Waals surface area contributed by atoms with Crippen molar-refractivity contribution < 1.29 is 23.0 Å². The van der Waals surface area contributed by atoms with Gasteiger partial charge in [0.05, 0.1) is 12.1 Å². The van der Waals surface area contributed by atoms with Crippen LogP contribution < -0.4 is 15.5 Å². The van der Waals surface area contributed by atoms with Crippen molar-refractivity contribution in [1.82, 2.24) is 4.98 Å². The number of allylic oxidation sites excluding steroid dienone is 3. The molecule has 1 atom stereocenters. The van der Waals surface area contributed by atoms with E-state index in [-0.39, 0.29) is 23.9 Å². The molecule has 1 unspecified atom stereocenters. The van der Waals surface area contributed by atoms with Gasteiger partial charge < -0.3 is 25.0 Å². The third kappa shape index (κ3) is 6.17. The number of carbonyl (C=O) groups is 1. The van der Waals surface area contributed by atoms with E-state index in [1.54, 1.807) is 18.4 Å². The average molecular weight is 507 g/mol. The monoisotopic (exact) mass is 506 g/mol. The SMILES string of the molecule is O=C(Cc1cc(F)cc(F)c1)Nc1ccc(NC(C2=CC=CCC2)C2=COC=CO2)nc1N1CCCC1. The first-order valence-corrected chi connectivity index (χ1v) is 12.4. The van der Waals surface area contributed by atoms with Gasteiger partial charge in [0.2, 0.25) is 5.91 Å². The maximum Gasteiger partial charge on any atom is 0.228 e. The number of carbonyl (C=O) groups excluding carboxylic acids is 1. The second-order valence-corrected chi connectivity index (χ2v) is 9.10. The minimum Gasteiger partial charge on any atom is -0.466 e. The van der Waals surface area contributed by atoms with Crippen LogP contribution in [0, 0.1) is 11.6 Å². The highest BCUT2D eigenvalue weighted by Gasteiger charge is 2.25. The van der Waals surface area contributed by atoms with Crippen molar-refractivity contribution in [2.75, 3.05) is 28.6 Å². The summed E-state index contributed by atoms with van der Waals surface area (Å²) in [5.74, 6) is 0.0734. The van der Waals surface area contributed by atoms with Gasteiger partial charge in [-0.05, 0) is 61.1 Å². The molecule has 7 nitrogen and oxygen atoms in total. The molecular weight excluding hydrogens is 478 g/mol. The van der Waals surface area contributed by atoms with E-state index in [2.05, 4.69) is 27.7 Å². The van der Waals surface area contributed by atoms with Gasteiger partial charge in [0.15, 0.2) is 11.6 Å². The number of amides is 1. The Morgan fingerprint density at radius 3 is 2.62 bits per heavy atom. The van der Waals surface area contributed by atoms with Crippen LogP contribution in [0.1, 0.15) is 31.2 Å². The van der Waals surface area contributed by atoms with Crippen LogP contribution in [0.5, 0.6) is 0 Å². The molecule has 0 radical (unpaired) electrons. The Hall–Kier alpha value is -4.14. The van der Waals surface area contributed by atoms with Gasteiger partial charge in [-0.2, -0.15) is 0 Å². The van der Waals surface area contributed by atoms with E-state index >= 15 is 0 Å². The Morgan fingerprint density at radius 2 is 1.92 bits per heavy atom. The summed E-state index contributed by atoms with van der Waals surface area (Å²) in [4.78, 5) is 19.8. The zero-order chi connectivity index (χ0) is 25.6. The lowest BCUT2D eigenvalue weighted by Gasteiger charge is -2.27. The van der Waals surface area contributed by atoms with E-state index in [1.165, 1.54) is 12.5 Å². The third-order valence-electron chi connectivity index (χ3n) is 6.36. The molecule has 5 rings (SSSR count). The number of aromatic nitrogens is 1. The molecule has 3 heterocycles. The van der Waals surface area contributed by atoms with Gasteiger partial charge in [-0.1, -0.05) is 18.2 Å². The molecule has 37 heavy (non-hydrogen) atoms. The number of nitrogens with zero attached hydrogens (tertiary/aromatic N) is 2. The van der Waals surface area contributed by atoms with Crippen LogP contribution in [0.4, 0.5) is 26.1 Å². The molecule has 1 aromatic heterocycles. The first-order valence-electron chi connectivity index (χ1n) is 12.4. The third-order valence-corrected chi connectivity index (χ3v) is 6.36. The number of halogens is 2. The topological polar surface area (TPSA) is 75.7 Å². The Balaban J connectivity index is 1.39. The van der Waals surface area contributed by atoms with Crippen LogP contribution in [0.2, 0.25) is 0 Å². The van der Waals surface area contributed by atoms with Gasteiger partial charge in [0, 0.05) is 19.2 Å². The molecule has 1 saturated heterocycles. The van der Waals surface area contributed by atoms with Gasteiger partial charge in [-0.25, -0.2) is 13.8 Å². The first-order chi connectivity index (χ1) is 18.0. The number of rotatable bonds is 8. The molecule has 1 aliphatic carbocycles. The predicted octanol–water partition coefficient (Wildman–Crippen LogP) is 5.56. The highest BCUT2D eigenvalue weighted by atomic mass is 19.1. The van der Waals surface area contributed by atoms with Crippen molar-refractivity contribution >= 4 is 23.2 Å². The molecule has 1 fully saturated rings. The minimum atomic E-state index is -0.714. The summed E-state index contributed by atoms with van der Waals surface area (Å²) >= 11 is 0.